The van der Waals surface area contributed by atoms with Crippen molar-refractivity contribution in [2.45, 2.75) is 11.3 Å². The van der Waals surface area contributed by atoms with E-state index >= 15 is 0 Å². The van der Waals surface area contributed by atoms with Crippen LogP contribution in [0.2, 0.25) is 0 Å². The minimum absolute atomic E-state index is 0.0201. The van der Waals surface area contributed by atoms with Gasteiger partial charge in [0.15, 0.2) is 0 Å². The lowest BCUT2D eigenvalue weighted by atomic mass is 10.1. The number of piperazine rings is 1. The summed E-state index contributed by atoms with van der Waals surface area (Å²) in [5, 5.41) is 14.7. The number of benzene rings is 2. The maximum Gasteiger partial charge on any atom is 0.292 e. The fourth-order valence-electron chi connectivity index (χ4n) is 3.84. The van der Waals surface area contributed by atoms with E-state index in [0.29, 0.717) is 24.7 Å². The molecule has 2 heterocycles. The van der Waals surface area contributed by atoms with Crippen LogP contribution in [-0.2, 0) is 16.4 Å². The van der Waals surface area contributed by atoms with Crippen LogP contribution in [0.3, 0.4) is 0 Å². The van der Waals surface area contributed by atoms with Crippen molar-refractivity contribution in [2.75, 3.05) is 42.9 Å². The maximum absolute atomic E-state index is 14.0. The Morgan fingerprint density at radius 3 is 2.45 bits per heavy atom. The van der Waals surface area contributed by atoms with Gasteiger partial charge in [0.2, 0.25) is 10.0 Å². The molecule has 1 saturated heterocycles. The molecule has 0 aliphatic carbocycles. The second-order valence-electron chi connectivity index (χ2n) is 6.86. The summed E-state index contributed by atoms with van der Waals surface area (Å²) >= 11 is 0. The number of nitrogens with one attached hydrogen (secondary N) is 1. The molecule has 0 atom stereocenters. The first kappa shape index (κ1) is 19.5. The predicted octanol–water partition coefficient (Wildman–Crippen LogP) is 2.35. The summed E-state index contributed by atoms with van der Waals surface area (Å²) in [7, 11) is -4.13. The minimum atomic E-state index is -4.13. The van der Waals surface area contributed by atoms with Crippen LogP contribution in [0.1, 0.15) is 5.56 Å². The Morgan fingerprint density at radius 1 is 1.07 bits per heavy atom. The lowest BCUT2D eigenvalue weighted by molar-refractivity contribution is -0.384. The lowest BCUT2D eigenvalue weighted by Crippen LogP contribution is -2.49. The van der Waals surface area contributed by atoms with Crippen molar-refractivity contribution in [3.8, 4) is 0 Å². The Hall–Kier alpha value is -2.79. The van der Waals surface area contributed by atoms with Gasteiger partial charge < -0.3 is 10.2 Å². The molecule has 4 rings (SSSR count). The molecule has 154 valence electrons. The van der Waals surface area contributed by atoms with Gasteiger partial charge in [-0.05, 0) is 24.6 Å². The number of nitro benzene ring substituents is 1. The average molecular weight is 424 g/mol. The smallest absolute Gasteiger partial charge is 0.292 e. The van der Waals surface area contributed by atoms with Gasteiger partial charge in [-0.1, -0.05) is 0 Å². The zero-order valence-electron chi connectivity index (χ0n) is 15.3. The number of sulfonamides is 1. The molecule has 2 aromatic carbocycles. The number of halogens is 2. The van der Waals surface area contributed by atoms with Gasteiger partial charge in [0.1, 0.15) is 22.2 Å². The van der Waals surface area contributed by atoms with E-state index in [2.05, 4.69) is 5.32 Å². The number of rotatable bonds is 4. The highest BCUT2D eigenvalue weighted by Crippen LogP contribution is 2.40. The van der Waals surface area contributed by atoms with Gasteiger partial charge in [-0.3, -0.25) is 10.1 Å². The monoisotopic (exact) mass is 424 g/mol. The summed E-state index contributed by atoms with van der Waals surface area (Å²) in [4.78, 5) is 12.3. The first-order valence-corrected chi connectivity index (χ1v) is 10.5. The van der Waals surface area contributed by atoms with Crippen LogP contribution in [-0.4, -0.2) is 50.4 Å². The van der Waals surface area contributed by atoms with Crippen molar-refractivity contribution in [1.29, 1.82) is 0 Å². The number of nitro groups is 1. The van der Waals surface area contributed by atoms with Crippen molar-refractivity contribution >= 4 is 27.1 Å². The van der Waals surface area contributed by atoms with Crippen LogP contribution in [0.5, 0.6) is 0 Å². The first-order valence-electron chi connectivity index (χ1n) is 9.03. The molecule has 2 aliphatic heterocycles. The highest BCUT2D eigenvalue weighted by molar-refractivity contribution is 7.89. The highest BCUT2D eigenvalue weighted by atomic mass is 32.2. The molecule has 11 heteroatoms. The van der Waals surface area contributed by atoms with E-state index in [1.165, 1.54) is 6.07 Å². The van der Waals surface area contributed by atoms with Crippen LogP contribution in [0.4, 0.5) is 25.8 Å². The van der Waals surface area contributed by atoms with E-state index in [9.17, 15) is 27.3 Å². The molecule has 8 nitrogen and oxygen atoms in total. The lowest BCUT2D eigenvalue weighted by Gasteiger charge is -2.35. The second kappa shape index (κ2) is 7.23. The molecular weight excluding hydrogens is 406 g/mol. The largest absolute Gasteiger partial charge is 0.384 e. The fraction of sp³-hybridized carbons (Fsp3) is 0.333. The molecule has 29 heavy (non-hydrogen) atoms. The summed E-state index contributed by atoms with van der Waals surface area (Å²) in [5.74, 6) is -2.00. The molecule has 1 fully saturated rings. The van der Waals surface area contributed by atoms with Gasteiger partial charge in [-0.2, -0.15) is 4.31 Å². The van der Waals surface area contributed by atoms with E-state index < -0.39 is 31.5 Å². The molecule has 0 aromatic heterocycles. The fourth-order valence-corrected chi connectivity index (χ4v) is 5.31. The van der Waals surface area contributed by atoms with Gasteiger partial charge in [0.25, 0.3) is 5.69 Å². The topological polar surface area (TPSA) is 95.8 Å². The number of anilines is 2. The third kappa shape index (κ3) is 3.40. The summed E-state index contributed by atoms with van der Waals surface area (Å²) in [6.07, 6.45) is 0.644. The summed E-state index contributed by atoms with van der Waals surface area (Å²) in [5.41, 5.74) is 2.17. The first-order chi connectivity index (χ1) is 13.8. The predicted molar refractivity (Wildman–Crippen MR) is 103 cm³/mol. The zero-order chi connectivity index (χ0) is 20.8. The molecule has 0 saturated carbocycles. The Labute approximate surface area is 165 Å². The summed E-state index contributed by atoms with van der Waals surface area (Å²) < 4.78 is 53.7. The van der Waals surface area contributed by atoms with Gasteiger partial charge >= 0.3 is 0 Å². The van der Waals surface area contributed by atoms with E-state index in [0.717, 1.165) is 27.7 Å². The average Bonchev–Trinajstić information content (AvgIpc) is 3.15. The molecule has 0 bridgehead atoms. The quantitative estimate of drug-likeness (QED) is 0.598. The Morgan fingerprint density at radius 2 is 1.79 bits per heavy atom. The Kier molecular flexibility index (Phi) is 4.87. The Bertz CT molecular complexity index is 1090. The van der Waals surface area contributed by atoms with Gasteiger partial charge in [0.05, 0.1) is 4.92 Å². The van der Waals surface area contributed by atoms with Crippen molar-refractivity contribution in [3.05, 3.63) is 57.6 Å². The van der Waals surface area contributed by atoms with Crippen LogP contribution in [0, 0.1) is 21.7 Å². The van der Waals surface area contributed by atoms with E-state index in [1.807, 2.05) is 0 Å². The summed E-state index contributed by atoms with van der Waals surface area (Å²) in [6, 6.07) is 5.47. The van der Waals surface area contributed by atoms with Crippen LogP contribution >= 0.6 is 0 Å². The third-order valence-corrected chi connectivity index (χ3v) is 7.15. The van der Waals surface area contributed by atoms with Gasteiger partial charge in [-0.25, -0.2) is 17.2 Å². The van der Waals surface area contributed by atoms with Crippen molar-refractivity contribution < 1.29 is 22.1 Å². The number of hydrogen-bond acceptors (Lipinski definition) is 6. The molecule has 2 aliphatic rings. The maximum atomic E-state index is 14.0. The number of fused-ring (bicyclic) bond motifs is 1. The summed E-state index contributed by atoms with van der Waals surface area (Å²) in [6.45, 7) is 1.20. The normalized spacial score (nSPS) is 17.1. The standard InChI is InChI=1S/C18H18F2N4O4S/c19-12-1-4-17(14(20)11-12)29(27,28)23-9-7-22(8-10-23)18-13-5-6-21-15(13)2-3-16(18)24(25)26/h1-4,11,21H,5-10H2. The minimum Gasteiger partial charge on any atom is -0.384 e. The Balaban J connectivity index is 1.59. The van der Waals surface area contributed by atoms with Crippen LogP contribution in [0.15, 0.2) is 35.2 Å². The number of nitrogens with zero attached hydrogens (tertiary/aromatic N) is 3. The van der Waals surface area contributed by atoms with Gasteiger partial charge in [-0.15, -0.1) is 0 Å². The highest BCUT2D eigenvalue weighted by Gasteiger charge is 2.34. The molecule has 0 radical (unpaired) electrons. The second-order valence-corrected chi connectivity index (χ2v) is 8.77. The van der Waals surface area contributed by atoms with Crippen LogP contribution in [0.25, 0.3) is 0 Å². The van der Waals surface area contributed by atoms with E-state index in [1.54, 1.807) is 11.0 Å². The molecule has 0 amide bonds. The van der Waals surface area contributed by atoms with Crippen LogP contribution < -0.4 is 10.2 Å². The van der Waals surface area contributed by atoms with Crippen molar-refractivity contribution in [2.24, 2.45) is 0 Å². The molecule has 0 unspecified atom stereocenters. The third-order valence-electron chi connectivity index (χ3n) is 5.22. The number of hydrogen-bond donors (Lipinski definition) is 1. The molecule has 1 N–H and O–H groups in total. The molecule has 0 spiro atoms. The SMILES string of the molecule is O=[N+]([O-])c1ccc2c(c1N1CCN(S(=O)(=O)c3ccc(F)cc3F)CC1)CCN2. The van der Waals surface area contributed by atoms with Gasteiger partial charge in [0, 0.05) is 56.1 Å². The molecule has 2 aromatic rings. The van der Waals surface area contributed by atoms with E-state index in [-0.39, 0.29) is 31.9 Å². The van der Waals surface area contributed by atoms with E-state index in [4.69, 9.17) is 0 Å². The van der Waals surface area contributed by atoms with Crippen molar-refractivity contribution in [3.63, 3.8) is 0 Å². The van der Waals surface area contributed by atoms with Crippen molar-refractivity contribution in [1.82, 2.24) is 4.31 Å². The zero-order valence-corrected chi connectivity index (χ0v) is 16.1. The molecular formula is C18H18F2N4O4S.